The number of nitrogens with two attached hydrogens (primary N) is 1. The summed E-state index contributed by atoms with van der Waals surface area (Å²) in [5.41, 5.74) is 6.16. The second-order valence-electron chi connectivity index (χ2n) is 4.27. The molecule has 3 heteroatoms. The molecular formula is C11H18N2S. The van der Waals surface area contributed by atoms with Crippen LogP contribution in [0.15, 0.2) is 6.20 Å². The van der Waals surface area contributed by atoms with E-state index in [1.54, 1.807) is 11.3 Å². The lowest BCUT2D eigenvalue weighted by molar-refractivity contribution is 0.454. The fraction of sp³-hybridized carbons (Fsp3) is 0.727. The van der Waals surface area contributed by atoms with Crippen LogP contribution in [0.1, 0.15) is 48.0 Å². The highest BCUT2D eigenvalue weighted by atomic mass is 32.1. The number of hydrogen-bond acceptors (Lipinski definition) is 3. The SMILES string of the molecule is Cc1ncc(C(N)CC2CCCC2)s1. The van der Waals surface area contributed by atoms with Crippen molar-refractivity contribution in [3.63, 3.8) is 0 Å². The summed E-state index contributed by atoms with van der Waals surface area (Å²) in [6.07, 6.45) is 8.66. The number of nitrogens with zero attached hydrogens (tertiary/aromatic N) is 1. The van der Waals surface area contributed by atoms with Crippen LogP contribution in [-0.4, -0.2) is 4.98 Å². The molecule has 1 aliphatic rings. The Morgan fingerprint density at radius 2 is 2.29 bits per heavy atom. The quantitative estimate of drug-likeness (QED) is 0.833. The summed E-state index contributed by atoms with van der Waals surface area (Å²) in [6.45, 7) is 2.04. The van der Waals surface area contributed by atoms with Gasteiger partial charge in [-0.15, -0.1) is 11.3 Å². The predicted octanol–water partition coefficient (Wildman–Crippen LogP) is 3.03. The first kappa shape index (κ1) is 10.1. The zero-order valence-electron chi connectivity index (χ0n) is 8.70. The van der Waals surface area contributed by atoms with Gasteiger partial charge in [-0.05, 0) is 19.3 Å². The molecule has 0 aromatic carbocycles. The summed E-state index contributed by atoms with van der Waals surface area (Å²) >= 11 is 1.74. The van der Waals surface area contributed by atoms with Gasteiger partial charge in [0.15, 0.2) is 0 Å². The van der Waals surface area contributed by atoms with Gasteiger partial charge in [-0.25, -0.2) is 4.98 Å². The topological polar surface area (TPSA) is 38.9 Å². The van der Waals surface area contributed by atoms with E-state index in [2.05, 4.69) is 4.98 Å². The van der Waals surface area contributed by atoms with E-state index in [9.17, 15) is 0 Å². The Balaban J connectivity index is 1.91. The summed E-state index contributed by atoms with van der Waals surface area (Å²) in [4.78, 5) is 5.51. The highest BCUT2D eigenvalue weighted by molar-refractivity contribution is 7.11. The summed E-state index contributed by atoms with van der Waals surface area (Å²) < 4.78 is 0. The standard InChI is InChI=1S/C11H18N2S/c1-8-13-7-11(14-8)10(12)6-9-4-2-3-5-9/h7,9-10H,2-6,12H2,1H3. The van der Waals surface area contributed by atoms with E-state index in [-0.39, 0.29) is 6.04 Å². The maximum atomic E-state index is 6.16. The second-order valence-corrected chi connectivity index (χ2v) is 5.54. The van der Waals surface area contributed by atoms with E-state index in [4.69, 9.17) is 5.73 Å². The summed E-state index contributed by atoms with van der Waals surface area (Å²) in [5.74, 6) is 0.868. The normalized spacial score (nSPS) is 20.1. The molecule has 1 saturated carbocycles. The van der Waals surface area contributed by atoms with Crippen LogP contribution in [0.3, 0.4) is 0 Å². The van der Waals surface area contributed by atoms with Crippen molar-refractivity contribution in [2.75, 3.05) is 0 Å². The molecule has 0 saturated heterocycles. The van der Waals surface area contributed by atoms with Gasteiger partial charge < -0.3 is 5.73 Å². The molecule has 0 radical (unpaired) electrons. The minimum Gasteiger partial charge on any atom is -0.323 e. The van der Waals surface area contributed by atoms with Crippen molar-refractivity contribution in [3.05, 3.63) is 16.1 Å². The van der Waals surface area contributed by atoms with Crippen LogP contribution in [0.25, 0.3) is 0 Å². The predicted molar refractivity (Wildman–Crippen MR) is 60.4 cm³/mol. The van der Waals surface area contributed by atoms with Crippen molar-refractivity contribution in [2.24, 2.45) is 11.7 Å². The molecule has 1 unspecified atom stereocenters. The van der Waals surface area contributed by atoms with Crippen LogP contribution >= 0.6 is 11.3 Å². The van der Waals surface area contributed by atoms with E-state index in [0.29, 0.717) is 0 Å². The van der Waals surface area contributed by atoms with Crippen molar-refractivity contribution >= 4 is 11.3 Å². The number of thiazole rings is 1. The summed E-state index contributed by atoms with van der Waals surface area (Å²) in [7, 11) is 0. The highest BCUT2D eigenvalue weighted by Crippen LogP contribution is 2.33. The van der Waals surface area contributed by atoms with Crippen LogP contribution in [0, 0.1) is 12.8 Å². The van der Waals surface area contributed by atoms with Crippen LogP contribution in [0.2, 0.25) is 0 Å². The molecular weight excluding hydrogens is 192 g/mol. The third-order valence-electron chi connectivity index (χ3n) is 3.07. The van der Waals surface area contributed by atoms with Gasteiger partial charge in [0.25, 0.3) is 0 Å². The maximum Gasteiger partial charge on any atom is 0.0897 e. The molecule has 2 N–H and O–H groups in total. The Kier molecular flexibility index (Phi) is 3.19. The van der Waals surface area contributed by atoms with E-state index in [1.807, 2.05) is 13.1 Å². The van der Waals surface area contributed by atoms with Crippen LogP contribution in [-0.2, 0) is 0 Å². The van der Waals surface area contributed by atoms with Gasteiger partial charge in [-0.3, -0.25) is 0 Å². The van der Waals surface area contributed by atoms with E-state index < -0.39 is 0 Å². The van der Waals surface area contributed by atoms with E-state index in [1.165, 1.54) is 30.6 Å². The zero-order valence-corrected chi connectivity index (χ0v) is 9.52. The van der Waals surface area contributed by atoms with Crippen molar-refractivity contribution < 1.29 is 0 Å². The monoisotopic (exact) mass is 210 g/mol. The van der Waals surface area contributed by atoms with Gasteiger partial charge in [0.05, 0.1) is 5.01 Å². The zero-order chi connectivity index (χ0) is 9.97. The molecule has 2 nitrogen and oxygen atoms in total. The van der Waals surface area contributed by atoms with E-state index in [0.717, 1.165) is 17.3 Å². The minimum absolute atomic E-state index is 0.226. The van der Waals surface area contributed by atoms with Crippen molar-refractivity contribution in [3.8, 4) is 0 Å². The lowest BCUT2D eigenvalue weighted by Crippen LogP contribution is -2.12. The highest BCUT2D eigenvalue weighted by Gasteiger charge is 2.19. The van der Waals surface area contributed by atoms with Crippen molar-refractivity contribution in [1.29, 1.82) is 0 Å². The van der Waals surface area contributed by atoms with Crippen LogP contribution < -0.4 is 5.73 Å². The molecule has 78 valence electrons. The Bertz CT molecular complexity index is 289. The molecule has 14 heavy (non-hydrogen) atoms. The molecule has 2 rings (SSSR count). The first-order chi connectivity index (χ1) is 6.75. The molecule has 1 fully saturated rings. The Hall–Kier alpha value is -0.410. The Morgan fingerprint density at radius 1 is 1.57 bits per heavy atom. The fourth-order valence-electron chi connectivity index (χ4n) is 2.27. The van der Waals surface area contributed by atoms with Gasteiger partial charge in [-0.2, -0.15) is 0 Å². The Morgan fingerprint density at radius 3 is 2.86 bits per heavy atom. The first-order valence-corrected chi connectivity index (χ1v) is 6.25. The number of rotatable bonds is 3. The molecule has 0 bridgehead atoms. The van der Waals surface area contributed by atoms with Gasteiger partial charge in [-0.1, -0.05) is 25.7 Å². The van der Waals surface area contributed by atoms with Crippen molar-refractivity contribution in [1.82, 2.24) is 4.98 Å². The lowest BCUT2D eigenvalue weighted by Gasteiger charge is -2.14. The number of aromatic nitrogens is 1. The van der Waals surface area contributed by atoms with Gasteiger partial charge >= 0.3 is 0 Å². The smallest absolute Gasteiger partial charge is 0.0897 e. The molecule has 1 aromatic rings. The van der Waals surface area contributed by atoms with Gasteiger partial charge in [0.2, 0.25) is 0 Å². The fourth-order valence-corrected chi connectivity index (χ4v) is 3.07. The second kappa shape index (κ2) is 4.41. The van der Waals surface area contributed by atoms with Gasteiger partial charge in [0.1, 0.15) is 0 Å². The maximum absolute atomic E-state index is 6.16. The van der Waals surface area contributed by atoms with Crippen LogP contribution in [0.5, 0.6) is 0 Å². The number of hydrogen-bond donors (Lipinski definition) is 1. The molecule has 1 aliphatic carbocycles. The average molecular weight is 210 g/mol. The molecule has 1 atom stereocenters. The average Bonchev–Trinajstić information content (AvgIpc) is 2.75. The molecule has 0 amide bonds. The van der Waals surface area contributed by atoms with E-state index >= 15 is 0 Å². The third kappa shape index (κ3) is 2.34. The number of aryl methyl sites for hydroxylation is 1. The molecule has 1 aromatic heterocycles. The Labute approximate surface area is 89.5 Å². The van der Waals surface area contributed by atoms with Crippen molar-refractivity contribution in [2.45, 2.75) is 45.1 Å². The largest absolute Gasteiger partial charge is 0.323 e. The minimum atomic E-state index is 0.226. The first-order valence-electron chi connectivity index (χ1n) is 5.43. The van der Waals surface area contributed by atoms with Crippen LogP contribution in [0.4, 0.5) is 0 Å². The van der Waals surface area contributed by atoms with Gasteiger partial charge in [0, 0.05) is 17.1 Å². The molecule has 0 spiro atoms. The summed E-state index contributed by atoms with van der Waals surface area (Å²) in [5, 5.41) is 1.13. The summed E-state index contributed by atoms with van der Waals surface area (Å²) in [6, 6.07) is 0.226. The lowest BCUT2D eigenvalue weighted by atomic mass is 9.98. The third-order valence-corrected chi connectivity index (χ3v) is 4.11. The molecule has 1 heterocycles. The molecule has 0 aliphatic heterocycles.